The minimum atomic E-state index is -0.191. The first kappa shape index (κ1) is 32.0. The Hall–Kier alpha value is -6.61. The molecule has 0 bridgehead atoms. The fraction of sp³-hybridized carbons (Fsp3) is 0.0976. The van der Waals surface area contributed by atoms with Crippen LogP contribution in [0.5, 0.6) is 0 Å². The highest BCUT2D eigenvalue weighted by molar-refractivity contribution is 6.00. The van der Waals surface area contributed by atoms with E-state index in [9.17, 15) is 4.79 Å². The summed E-state index contributed by atoms with van der Waals surface area (Å²) in [7, 11) is 0. The lowest BCUT2D eigenvalue weighted by atomic mass is 10.0. The van der Waals surface area contributed by atoms with E-state index in [1.165, 1.54) is 5.56 Å². The topological polar surface area (TPSA) is 124 Å². The highest BCUT2D eigenvalue weighted by atomic mass is 16.1. The molecule has 9 nitrogen and oxygen atoms in total. The lowest BCUT2D eigenvalue weighted by Crippen LogP contribution is -2.27. The van der Waals surface area contributed by atoms with Crippen LogP contribution in [0.1, 0.15) is 53.0 Å². The lowest BCUT2D eigenvalue weighted by Gasteiger charge is -2.19. The predicted octanol–water partition coefficient (Wildman–Crippen LogP) is 8.40. The van der Waals surface area contributed by atoms with Crippen molar-refractivity contribution in [3.63, 3.8) is 0 Å². The second-order valence-corrected chi connectivity index (χ2v) is 12.0. The van der Waals surface area contributed by atoms with Gasteiger partial charge in [0.1, 0.15) is 0 Å². The van der Waals surface area contributed by atoms with Gasteiger partial charge in [-0.05, 0) is 37.1 Å². The highest BCUT2D eigenvalue weighted by Crippen LogP contribution is 2.30. The van der Waals surface area contributed by atoms with Crippen LogP contribution in [0.2, 0.25) is 0 Å². The number of hydrogen-bond acceptors (Lipinski definition) is 6. The number of hydrogen-bond donors (Lipinski definition) is 4. The van der Waals surface area contributed by atoms with Crippen molar-refractivity contribution in [2.45, 2.75) is 25.9 Å². The average molecular weight is 657 g/mol. The van der Waals surface area contributed by atoms with Gasteiger partial charge in [0.25, 0.3) is 5.91 Å². The Labute approximate surface area is 290 Å². The first-order chi connectivity index (χ1) is 24.4. The summed E-state index contributed by atoms with van der Waals surface area (Å²) >= 11 is 0. The van der Waals surface area contributed by atoms with Crippen LogP contribution in [-0.4, -0.2) is 36.3 Å². The Balaban J connectivity index is 1.10. The molecule has 0 saturated carbocycles. The van der Waals surface area contributed by atoms with Crippen LogP contribution in [0.3, 0.4) is 0 Å². The zero-order valence-corrected chi connectivity index (χ0v) is 27.8. The Bertz CT molecular complexity index is 2100. The number of benzene rings is 5. The summed E-state index contributed by atoms with van der Waals surface area (Å²) in [6, 6.07) is 43.2. The highest BCUT2D eigenvalue weighted by Gasteiger charge is 2.19. The standard InChI is InChI=1S/C41H36N8O/c1-26(29-15-6-4-7-16-29)42-28(3)33-21-10-11-22-34(33)39-44-37(46-48-39)31-19-14-20-32(25-31)38-45-40(49-47-38)35-23-12-13-24-36(35)41(50)43-27(2)30-17-8-5-9-18-30/h4-27,42H,3H2,1-2H3,(H,43,50)(H,44,46,48)(H,45,47,49). The summed E-state index contributed by atoms with van der Waals surface area (Å²) in [6.07, 6.45) is 0. The molecule has 0 saturated heterocycles. The fourth-order valence-corrected chi connectivity index (χ4v) is 5.92. The van der Waals surface area contributed by atoms with Crippen molar-refractivity contribution in [2.75, 3.05) is 0 Å². The van der Waals surface area contributed by atoms with E-state index in [-0.39, 0.29) is 18.0 Å². The van der Waals surface area contributed by atoms with E-state index in [4.69, 9.17) is 9.97 Å². The number of carbonyl (C=O) groups is 1. The van der Waals surface area contributed by atoms with Crippen LogP contribution in [0, 0.1) is 0 Å². The normalized spacial score (nSPS) is 12.2. The smallest absolute Gasteiger partial charge is 0.252 e. The first-order valence-electron chi connectivity index (χ1n) is 16.5. The van der Waals surface area contributed by atoms with E-state index in [1.54, 1.807) is 6.07 Å². The summed E-state index contributed by atoms with van der Waals surface area (Å²) < 4.78 is 0. The number of nitrogens with zero attached hydrogens (tertiary/aromatic N) is 4. The number of carbonyl (C=O) groups excluding carboxylic acids is 1. The van der Waals surface area contributed by atoms with E-state index in [0.717, 1.165) is 33.5 Å². The molecule has 5 aromatic carbocycles. The van der Waals surface area contributed by atoms with Gasteiger partial charge in [0.15, 0.2) is 23.3 Å². The van der Waals surface area contributed by atoms with Crippen LogP contribution in [0.15, 0.2) is 140 Å². The van der Waals surface area contributed by atoms with Crippen molar-refractivity contribution in [3.8, 4) is 45.6 Å². The Kier molecular flexibility index (Phi) is 9.11. The molecule has 1 amide bonds. The van der Waals surface area contributed by atoms with Gasteiger partial charge in [0, 0.05) is 39.6 Å². The molecule has 0 radical (unpaired) electrons. The van der Waals surface area contributed by atoms with Crippen molar-refractivity contribution in [2.24, 2.45) is 0 Å². The molecule has 4 N–H and O–H groups in total. The molecule has 50 heavy (non-hydrogen) atoms. The number of nitrogens with one attached hydrogen (secondary N) is 4. The number of aromatic nitrogens is 6. The molecule has 7 rings (SSSR count). The largest absolute Gasteiger partial charge is 0.378 e. The molecule has 2 heterocycles. The van der Waals surface area contributed by atoms with Gasteiger partial charge in [-0.15, -0.1) is 0 Å². The summed E-state index contributed by atoms with van der Waals surface area (Å²) in [4.78, 5) is 23.0. The summed E-state index contributed by atoms with van der Waals surface area (Å²) in [5, 5.41) is 21.8. The molecule has 0 fully saturated rings. The molecular weight excluding hydrogens is 621 g/mol. The van der Waals surface area contributed by atoms with Crippen molar-refractivity contribution in [1.29, 1.82) is 0 Å². The van der Waals surface area contributed by atoms with E-state index in [1.807, 2.05) is 122 Å². The van der Waals surface area contributed by atoms with Gasteiger partial charge < -0.3 is 10.6 Å². The van der Waals surface area contributed by atoms with E-state index < -0.39 is 0 Å². The molecule has 0 aliphatic heterocycles. The molecule has 0 aliphatic rings. The molecule has 0 spiro atoms. The van der Waals surface area contributed by atoms with E-state index in [0.29, 0.717) is 34.4 Å². The van der Waals surface area contributed by atoms with E-state index >= 15 is 0 Å². The quantitative estimate of drug-likeness (QED) is 0.111. The monoisotopic (exact) mass is 656 g/mol. The van der Waals surface area contributed by atoms with Gasteiger partial charge in [-0.2, -0.15) is 10.2 Å². The minimum absolute atomic E-state index is 0.0786. The third kappa shape index (κ3) is 6.84. The number of rotatable bonds is 11. The zero-order chi connectivity index (χ0) is 34.5. The Morgan fingerprint density at radius 1 is 0.580 bits per heavy atom. The summed E-state index contributed by atoms with van der Waals surface area (Å²) in [5.41, 5.74) is 7.57. The maximum absolute atomic E-state index is 13.4. The summed E-state index contributed by atoms with van der Waals surface area (Å²) in [6.45, 7) is 8.42. The SMILES string of the molecule is C=C(NC(C)c1ccccc1)c1ccccc1-c1nc(-c2cccc(-c3n[nH]c(-c4ccccc4C(=O)NC(C)c4ccccc4)n3)c2)n[nH]1. The van der Waals surface area contributed by atoms with Crippen molar-refractivity contribution in [1.82, 2.24) is 41.0 Å². The fourth-order valence-electron chi connectivity index (χ4n) is 5.92. The van der Waals surface area contributed by atoms with Gasteiger partial charge in [0.05, 0.1) is 11.6 Å². The minimum Gasteiger partial charge on any atom is -0.378 e. The molecule has 2 atom stereocenters. The van der Waals surface area contributed by atoms with Crippen molar-refractivity contribution < 1.29 is 4.79 Å². The second kappa shape index (κ2) is 14.2. The van der Waals surface area contributed by atoms with Crippen LogP contribution in [-0.2, 0) is 0 Å². The number of amides is 1. The van der Waals surface area contributed by atoms with Crippen molar-refractivity contribution in [3.05, 3.63) is 162 Å². The molecule has 2 aromatic heterocycles. The van der Waals surface area contributed by atoms with Gasteiger partial charge in [-0.25, -0.2) is 9.97 Å². The maximum atomic E-state index is 13.4. The van der Waals surface area contributed by atoms with Gasteiger partial charge in [-0.3, -0.25) is 15.0 Å². The van der Waals surface area contributed by atoms with Gasteiger partial charge in [-0.1, -0.05) is 128 Å². The Morgan fingerprint density at radius 2 is 1.04 bits per heavy atom. The molecule has 246 valence electrons. The van der Waals surface area contributed by atoms with Crippen LogP contribution >= 0.6 is 0 Å². The second-order valence-electron chi connectivity index (χ2n) is 12.0. The number of H-pyrrole nitrogens is 2. The van der Waals surface area contributed by atoms with Crippen LogP contribution < -0.4 is 10.6 Å². The Morgan fingerprint density at radius 3 is 1.60 bits per heavy atom. The van der Waals surface area contributed by atoms with Gasteiger partial charge >= 0.3 is 0 Å². The van der Waals surface area contributed by atoms with Crippen molar-refractivity contribution >= 4 is 11.6 Å². The third-order valence-corrected chi connectivity index (χ3v) is 8.62. The van der Waals surface area contributed by atoms with E-state index in [2.05, 4.69) is 56.7 Å². The van der Waals surface area contributed by atoms with Crippen LogP contribution in [0.25, 0.3) is 51.2 Å². The molecule has 2 unspecified atom stereocenters. The maximum Gasteiger partial charge on any atom is 0.252 e. The molecule has 7 aromatic rings. The molecule has 9 heteroatoms. The third-order valence-electron chi connectivity index (χ3n) is 8.62. The van der Waals surface area contributed by atoms with Gasteiger partial charge in [0.2, 0.25) is 0 Å². The first-order valence-corrected chi connectivity index (χ1v) is 16.5. The summed E-state index contributed by atoms with van der Waals surface area (Å²) in [5.74, 6) is 1.97. The zero-order valence-electron chi connectivity index (χ0n) is 27.8. The number of aromatic amines is 2. The molecule has 0 aliphatic carbocycles. The van der Waals surface area contributed by atoms with Crippen LogP contribution in [0.4, 0.5) is 0 Å². The average Bonchev–Trinajstić information content (AvgIpc) is 3.87. The predicted molar refractivity (Wildman–Crippen MR) is 197 cm³/mol. The molecular formula is C41H36N8O. The lowest BCUT2D eigenvalue weighted by molar-refractivity contribution is 0.0940.